The first-order valence-electron chi connectivity index (χ1n) is 7.76. The molecule has 3 fully saturated rings. The highest BCUT2D eigenvalue weighted by atomic mass is 15.2. The molecule has 0 aromatic carbocycles. The van der Waals surface area contributed by atoms with Crippen LogP contribution in [0.25, 0.3) is 0 Å². The molecule has 98 valence electrons. The minimum atomic E-state index is 0.168. The van der Waals surface area contributed by atoms with Crippen LogP contribution in [0.2, 0.25) is 0 Å². The molecule has 0 bridgehead atoms. The van der Waals surface area contributed by atoms with Crippen molar-refractivity contribution in [1.29, 1.82) is 0 Å². The van der Waals surface area contributed by atoms with E-state index in [1.807, 2.05) is 0 Å². The lowest BCUT2D eigenvalue weighted by atomic mass is 9.75. The number of hydrogen-bond acceptors (Lipinski definition) is 2. The lowest BCUT2D eigenvalue weighted by Crippen LogP contribution is -2.52. The largest absolute Gasteiger partial charge is 0.324 e. The van der Waals surface area contributed by atoms with Gasteiger partial charge in [-0.25, -0.2) is 0 Å². The zero-order valence-corrected chi connectivity index (χ0v) is 11.2. The van der Waals surface area contributed by atoms with E-state index < -0.39 is 0 Å². The highest BCUT2D eigenvalue weighted by Crippen LogP contribution is 2.37. The predicted octanol–water partition coefficient (Wildman–Crippen LogP) is 2.77. The molecule has 2 saturated carbocycles. The highest BCUT2D eigenvalue weighted by Gasteiger charge is 2.36. The number of piperidine rings is 1. The summed E-state index contributed by atoms with van der Waals surface area (Å²) in [5, 5.41) is 0. The molecular formula is C15H28N2. The molecule has 0 aromatic heterocycles. The van der Waals surface area contributed by atoms with E-state index in [0.29, 0.717) is 0 Å². The normalized spacial score (nSPS) is 37.9. The van der Waals surface area contributed by atoms with E-state index >= 15 is 0 Å². The zero-order valence-electron chi connectivity index (χ0n) is 11.2. The van der Waals surface area contributed by atoms with Gasteiger partial charge in [-0.3, -0.25) is 0 Å². The van der Waals surface area contributed by atoms with Crippen LogP contribution in [0, 0.1) is 11.8 Å². The van der Waals surface area contributed by atoms with Gasteiger partial charge in [-0.1, -0.05) is 32.1 Å². The Balaban J connectivity index is 1.55. The van der Waals surface area contributed by atoms with E-state index in [1.54, 1.807) is 0 Å². The quantitative estimate of drug-likeness (QED) is 0.799. The van der Waals surface area contributed by atoms with Crippen LogP contribution in [0.4, 0.5) is 0 Å². The Morgan fingerprint density at radius 3 is 2.41 bits per heavy atom. The Hall–Kier alpha value is -0.0800. The standard InChI is InChI=1S/C15H28N2/c16-15(8-3-4-9-15)12-17-10-7-13-5-1-2-6-14(13)11-17/h13-14H,1-12,16H2. The van der Waals surface area contributed by atoms with Gasteiger partial charge in [-0.05, 0) is 44.1 Å². The molecule has 2 atom stereocenters. The Bertz CT molecular complexity index is 258. The van der Waals surface area contributed by atoms with Crippen molar-refractivity contribution in [1.82, 2.24) is 4.90 Å². The van der Waals surface area contributed by atoms with E-state index in [2.05, 4.69) is 4.90 Å². The topological polar surface area (TPSA) is 29.3 Å². The van der Waals surface area contributed by atoms with Gasteiger partial charge in [-0.2, -0.15) is 0 Å². The molecule has 2 aliphatic carbocycles. The van der Waals surface area contributed by atoms with E-state index in [1.165, 1.54) is 77.4 Å². The van der Waals surface area contributed by atoms with E-state index in [0.717, 1.165) is 11.8 Å². The number of nitrogens with zero attached hydrogens (tertiary/aromatic N) is 1. The van der Waals surface area contributed by atoms with Crippen LogP contribution < -0.4 is 5.73 Å². The third-order valence-electron chi connectivity index (χ3n) is 5.51. The van der Waals surface area contributed by atoms with E-state index in [-0.39, 0.29) is 5.54 Å². The van der Waals surface area contributed by atoms with Gasteiger partial charge in [0.05, 0.1) is 0 Å². The smallest absolute Gasteiger partial charge is 0.0283 e. The third-order valence-corrected chi connectivity index (χ3v) is 5.51. The first kappa shape index (κ1) is 12.0. The molecule has 1 heterocycles. The van der Waals surface area contributed by atoms with Gasteiger partial charge >= 0.3 is 0 Å². The maximum absolute atomic E-state index is 6.52. The van der Waals surface area contributed by atoms with Crippen LogP contribution in [0.1, 0.15) is 57.8 Å². The van der Waals surface area contributed by atoms with E-state index in [4.69, 9.17) is 5.73 Å². The third kappa shape index (κ3) is 2.68. The monoisotopic (exact) mass is 236 g/mol. The maximum Gasteiger partial charge on any atom is 0.0283 e. The molecule has 2 nitrogen and oxygen atoms in total. The number of nitrogens with two attached hydrogens (primary N) is 1. The Morgan fingerprint density at radius 1 is 0.941 bits per heavy atom. The summed E-state index contributed by atoms with van der Waals surface area (Å²) in [4.78, 5) is 2.69. The highest BCUT2D eigenvalue weighted by molar-refractivity contribution is 4.94. The summed E-state index contributed by atoms with van der Waals surface area (Å²) < 4.78 is 0. The summed E-state index contributed by atoms with van der Waals surface area (Å²) in [7, 11) is 0. The van der Waals surface area contributed by atoms with Crippen molar-refractivity contribution < 1.29 is 0 Å². The molecule has 0 aromatic rings. The van der Waals surface area contributed by atoms with Crippen LogP contribution in [0.15, 0.2) is 0 Å². The molecule has 0 spiro atoms. The van der Waals surface area contributed by atoms with Gasteiger partial charge in [0.15, 0.2) is 0 Å². The average Bonchev–Trinajstić information content (AvgIpc) is 2.76. The Kier molecular flexibility index (Phi) is 3.45. The summed E-state index contributed by atoms with van der Waals surface area (Å²) in [5.41, 5.74) is 6.68. The molecule has 2 heteroatoms. The minimum Gasteiger partial charge on any atom is -0.324 e. The molecule has 0 amide bonds. The lowest BCUT2D eigenvalue weighted by molar-refractivity contribution is 0.0709. The van der Waals surface area contributed by atoms with Gasteiger partial charge in [0.25, 0.3) is 0 Å². The average molecular weight is 236 g/mol. The SMILES string of the molecule is NC1(CN2CCC3CCCCC3C2)CCCC1. The molecule has 3 aliphatic rings. The van der Waals surface area contributed by atoms with Gasteiger partial charge < -0.3 is 10.6 Å². The van der Waals surface area contributed by atoms with Crippen molar-refractivity contribution in [2.45, 2.75) is 63.3 Å². The summed E-state index contributed by atoms with van der Waals surface area (Å²) in [6.07, 6.45) is 12.6. The Labute approximate surface area is 106 Å². The maximum atomic E-state index is 6.52. The molecule has 17 heavy (non-hydrogen) atoms. The molecule has 1 aliphatic heterocycles. The fourth-order valence-electron chi connectivity index (χ4n) is 4.50. The van der Waals surface area contributed by atoms with Crippen molar-refractivity contribution in [2.75, 3.05) is 19.6 Å². The first-order chi connectivity index (χ1) is 8.25. The molecule has 2 N–H and O–H groups in total. The van der Waals surface area contributed by atoms with Crippen LogP contribution in [-0.2, 0) is 0 Å². The van der Waals surface area contributed by atoms with Crippen molar-refractivity contribution >= 4 is 0 Å². The molecule has 1 saturated heterocycles. The molecule has 0 radical (unpaired) electrons. The van der Waals surface area contributed by atoms with Crippen molar-refractivity contribution in [3.63, 3.8) is 0 Å². The van der Waals surface area contributed by atoms with Gasteiger partial charge in [0, 0.05) is 18.6 Å². The Morgan fingerprint density at radius 2 is 1.65 bits per heavy atom. The van der Waals surface area contributed by atoms with Crippen molar-refractivity contribution in [2.24, 2.45) is 17.6 Å². The van der Waals surface area contributed by atoms with Crippen LogP contribution >= 0.6 is 0 Å². The first-order valence-corrected chi connectivity index (χ1v) is 7.76. The molecule has 3 rings (SSSR count). The predicted molar refractivity (Wildman–Crippen MR) is 71.9 cm³/mol. The number of fused-ring (bicyclic) bond motifs is 1. The fraction of sp³-hybridized carbons (Fsp3) is 1.00. The van der Waals surface area contributed by atoms with Crippen LogP contribution in [0.5, 0.6) is 0 Å². The second-order valence-corrected chi connectivity index (χ2v) is 6.90. The molecule has 2 unspecified atom stereocenters. The molecular weight excluding hydrogens is 208 g/mol. The minimum absolute atomic E-state index is 0.168. The zero-order chi connectivity index (χ0) is 11.7. The lowest BCUT2D eigenvalue weighted by Gasteiger charge is -2.43. The fourth-order valence-corrected chi connectivity index (χ4v) is 4.50. The van der Waals surface area contributed by atoms with Crippen LogP contribution in [-0.4, -0.2) is 30.1 Å². The second-order valence-electron chi connectivity index (χ2n) is 6.90. The number of hydrogen-bond donors (Lipinski definition) is 1. The summed E-state index contributed by atoms with van der Waals surface area (Å²) in [6.45, 7) is 3.85. The van der Waals surface area contributed by atoms with Gasteiger partial charge in [-0.15, -0.1) is 0 Å². The summed E-state index contributed by atoms with van der Waals surface area (Å²) in [6, 6.07) is 0. The van der Waals surface area contributed by atoms with Gasteiger partial charge in [0.2, 0.25) is 0 Å². The van der Waals surface area contributed by atoms with Crippen molar-refractivity contribution in [3.8, 4) is 0 Å². The number of likely N-dealkylation sites (tertiary alicyclic amines) is 1. The van der Waals surface area contributed by atoms with E-state index in [9.17, 15) is 0 Å². The summed E-state index contributed by atoms with van der Waals surface area (Å²) in [5.74, 6) is 2.06. The number of rotatable bonds is 2. The van der Waals surface area contributed by atoms with Crippen LogP contribution in [0.3, 0.4) is 0 Å². The van der Waals surface area contributed by atoms with Crippen molar-refractivity contribution in [3.05, 3.63) is 0 Å². The second kappa shape index (κ2) is 4.89. The summed E-state index contributed by atoms with van der Waals surface area (Å²) >= 11 is 0. The van der Waals surface area contributed by atoms with Gasteiger partial charge in [0.1, 0.15) is 0 Å².